The standard InChI is InChI=1S/C45H89NO3/c1-3-5-7-9-11-13-15-16-17-18-19-21-23-28-32-36-40-44(48)42-46-45(49)41-37-33-29-25-24-27-31-35-39-43(47)38-34-30-26-22-20-14-12-10-8-6-4-2/h44,48H,3-42H2,1-2H3,(H,46,49). The quantitative estimate of drug-likeness (QED) is 0.0626. The van der Waals surface area contributed by atoms with Gasteiger partial charge in [0.25, 0.3) is 0 Å². The van der Waals surface area contributed by atoms with Gasteiger partial charge in [-0.2, -0.15) is 0 Å². The lowest BCUT2D eigenvalue weighted by molar-refractivity contribution is -0.121. The predicted octanol–water partition coefficient (Wildman–Crippen LogP) is 14.3. The summed E-state index contributed by atoms with van der Waals surface area (Å²) in [6, 6.07) is 0. The zero-order valence-corrected chi connectivity index (χ0v) is 33.6. The molecule has 0 saturated heterocycles. The van der Waals surface area contributed by atoms with Crippen molar-refractivity contribution in [3.05, 3.63) is 0 Å². The van der Waals surface area contributed by atoms with Crippen LogP contribution in [0.3, 0.4) is 0 Å². The maximum Gasteiger partial charge on any atom is 0.220 e. The van der Waals surface area contributed by atoms with Gasteiger partial charge in [-0.25, -0.2) is 0 Å². The van der Waals surface area contributed by atoms with Crippen LogP contribution >= 0.6 is 0 Å². The number of carbonyl (C=O) groups is 2. The first-order chi connectivity index (χ1) is 24.1. The number of carbonyl (C=O) groups excluding carboxylic acids is 2. The van der Waals surface area contributed by atoms with Crippen molar-refractivity contribution in [1.82, 2.24) is 5.32 Å². The van der Waals surface area contributed by atoms with E-state index in [-0.39, 0.29) is 5.91 Å². The highest BCUT2D eigenvalue weighted by molar-refractivity contribution is 5.78. The average Bonchev–Trinajstić information content (AvgIpc) is 3.10. The molecule has 292 valence electrons. The number of Topliss-reactive ketones (excluding diaryl/α,β-unsaturated/α-hetero) is 1. The van der Waals surface area contributed by atoms with Crippen molar-refractivity contribution in [3.63, 3.8) is 0 Å². The summed E-state index contributed by atoms with van der Waals surface area (Å²) in [7, 11) is 0. The molecule has 0 aromatic rings. The van der Waals surface area contributed by atoms with Gasteiger partial charge in [-0.15, -0.1) is 0 Å². The van der Waals surface area contributed by atoms with Gasteiger partial charge in [-0.05, 0) is 25.7 Å². The number of amides is 1. The van der Waals surface area contributed by atoms with Crippen LogP contribution in [0.25, 0.3) is 0 Å². The fraction of sp³-hybridized carbons (Fsp3) is 0.956. The first-order valence-corrected chi connectivity index (χ1v) is 22.6. The lowest BCUT2D eigenvalue weighted by atomic mass is 10.0. The minimum Gasteiger partial charge on any atom is -0.391 e. The van der Waals surface area contributed by atoms with Crippen LogP contribution in [0.5, 0.6) is 0 Å². The van der Waals surface area contributed by atoms with Crippen LogP contribution in [0.1, 0.15) is 264 Å². The second-order valence-corrected chi connectivity index (χ2v) is 15.7. The molecule has 1 unspecified atom stereocenters. The second kappa shape index (κ2) is 41.5. The van der Waals surface area contributed by atoms with Crippen LogP contribution in [0, 0.1) is 0 Å². The monoisotopic (exact) mass is 692 g/mol. The molecule has 0 aromatic heterocycles. The van der Waals surface area contributed by atoms with E-state index in [0.29, 0.717) is 18.7 Å². The van der Waals surface area contributed by atoms with Crippen molar-refractivity contribution in [3.8, 4) is 0 Å². The molecule has 0 saturated carbocycles. The molecule has 0 aliphatic rings. The summed E-state index contributed by atoms with van der Waals surface area (Å²) in [6.07, 6.45) is 48.1. The van der Waals surface area contributed by atoms with Crippen LogP contribution in [-0.2, 0) is 9.59 Å². The van der Waals surface area contributed by atoms with Crippen molar-refractivity contribution >= 4 is 11.7 Å². The molecule has 0 spiro atoms. The Morgan fingerprint density at radius 3 is 0.980 bits per heavy atom. The maximum atomic E-state index is 12.2. The highest BCUT2D eigenvalue weighted by atomic mass is 16.3. The zero-order valence-electron chi connectivity index (χ0n) is 33.6. The third-order valence-corrected chi connectivity index (χ3v) is 10.6. The third-order valence-electron chi connectivity index (χ3n) is 10.6. The molecule has 0 fully saturated rings. The van der Waals surface area contributed by atoms with E-state index in [0.717, 1.165) is 51.4 Å². The van der Waals surface area contributed by atoms with Crippen molar-refractivity contribution in [2.45, 2.75) is 270 Å². The summed E-state index contributed by atoms with van der Waals surface area (Å²) in [5.41, 5.74) is 0. The average molecular weight is 692 g/mol. The molecular weight excluding hydrogens is 602 g/mol. The SMILES string of the molecule is CCCCCCCCCCCCCCCCCCC(O)CNC(=O)CCCCCCCCCCC(=O)CCCCCCCCCCCCC. The van der Waals surface area contributed by atoms with E-state index in [9.17, 15) is 14.7 Å². The Balaban J connectivity index is 3.32. The first-order valence-electron chi connectivity index (χ1n) is 22.6. The fourth-order valence-corrected chi connectivity index (χ4v) is 7.13. The van der Waals surface area contributed by atoms with Crippen molar-refractivity contribution < 1.29 is 14.7 Å². The van der Waals surface area contributed by atoms with Gasteiger partial charge in [0.1, 0.15) is 5.78 Å². The van der Waals surface area contributed by atoms with Gasteiger partial charge in [-0.1, -0.05) is 219 Å². The molecule has 4 heteroatoms. The molecular formula is C45H89NO3. The van der Waals surface area contributed by atoms with Crippen LogP contribution in [0.15, 0.2) is 0 Å². The van der Waals surface area contributed by atoms with Gasteiger partial charge < -0.3 is 10.4 Å². The molecule has 1 atom stereocenters. The normalized spacial score (nSPS) is 12.1. The molecule has 4 nitrogen and oxygen atoms in total. The summed E-state index contributed by atoms with van der Waals surface area (Å²) in [5.74, 6) is 0.561. The van der Waals surface area contributed by atoms with E-state index in [1.807, 2.05) is 0 Å². The summed E-state index contributed by atoms with van der Waals surface area (Å²) in [4.78, 5) is 24.3. The van der Waals surface area contributed by atoms with Crippen molar-refractivity contribution in [2.75, 3.05) is 6.54 Å². The van der Waals surface area contributed by atoms with E-state index in [1.165, 1.54) is 193 Å². The van der Waals surface area contributed by atoms with Gasteiger partial charge in [0.05, 0.1) is 6.10 Å². The lowest BCUT2D eigenvalue weighted by Gasteiger charge is -2.12. The van der Waals surface area contributed by atoms with Gasteiger partial charge >= 0.3 is 0 Å². The number of aliphatic hydroxyl groups excluding tert-OH is 1. The number of aliphatic hydroxyl groups is 1. The van der Waals surface area contributed by atoms with Gasteiger partial charge in [0.2, 0.25) is 5.91 Å². The summed E-state index contributed by atoms with van der Waals surface area (Å²) in [6.45, 7) is 4.96. The van der Waals surface area contributed by atoms with Crippen LogP contribution in [0.2, 0.25) is 0 Å². The molecule has 0 bridgehead atoms. The smallest absolute Gasteiger partial charge is 0.220 e. The Kier molecular flexibility index (Phi) is 40.8. The maximum absolute atomic E-state index is 12.2. The Labute approximate surface area is 307 Å². The third kappa shape index (κ3) is 41.4. The largest absolute Gasteiger partial charge is 0.391 e. The summed E-state index contributed by atoms with van der Waals surface area (Å²) >= 11 is 0. The van der Waals surface area contributed by atoms with Gasteiger partial charge in [0.15, 0.2) is 0 Å². The molecule has 0 rings (SSSR count). The topological polar surface area (TPSA) is 66.4 Å². The number of hydrogen-bond donors (Lipinski definition) is 2. The lowest BCUT2D eigenvalue weighted by Crippen LogP contribution is -2.31. The molecule has 49 heavy (non-hydrogen) atoms. The minimum atomic E-state index is -0.407. The fourth-order valence-electron chi connectivity index (χ4n) is 7.13. The molecule has 0 heterocycles. The number of nitrogens with one attached hydrogen (secondary N) is 1. The molecule has 0 aliphatic heterocycles. The van der Waals surface area contributed by atoms with E-state index < -0.39 is 6.10 Å². The highest BCUT2D eigenvalue weighted by Gasteiger charge is 2.07. The summed E-state index contributed by atoms with van der Waals surface area (Å²) in [5, 5.41) is 13.2. The number of hydrogen-bond acceptors (Lipinski definition) is 3. The van der Waals surface area contributed by atoms with E-state index in [4.69, 9.17) is 0 Å². The Bertz CT molecular complexity index is 666. The number of ketones is 1. The second-order valence-electron chi connectivity index (χ2n) is 15.7. The summed E-state index contributed by atoms with van der Waals surface area (Å²) < 4.78 is 0. The molecule has 0 radical (unpaired) electrons. The van der Waals surface area contributed by atoms with Gasteiger partial charge in [0, 0.05) is 25.8 Å². The van der Waals surface area contributed by atoms with Gasteiger partial charge in [-0.3, -0.25) is 9.59 Å². The molecule has 2 N–H and O–H groups in total. The Morgan fingerprint density at radius 1 is 0.388 bits per heavy atom. The van der Waals surface area contributed by atoms with Crippen LogP contribution in [0.4, 0.5) is 0 Å². The van der Waals surface area contributed by atoms with Crippen LogP contribution < -0.4 is 5.32 Å². The van der Waals surface area contributed by atoms with E-state index in [2.05, 4.69) is 19.2 Å². The van der Waals surface area contributed by atoms with Crippen LogP contribution in [-0.4, -0.2) is 29.4 Å². The Hall–Kier alpha value is -0.900. The first kappa shape index (κ1) is 48.1. The highest BCUT2D eigenvalue weighted by Crippen LogP contribution is 2.16. The molecule has 0 aliphatic carbocycles. The number of rotatable bonds is 42. The minimum absolute atomic E-state index is 0.0869. The Morgan fingerprint density at radius 2 is 0.653 bits per heavy atom. The van der Waals surface area contributed by atoms with Crippen molar-refractivity contribution in [2.24, 2.45) is 0 Å². The molecule has 0 aromatic carbocycles. The predicted molar refractivity (Wildman–Crippen MR) is 215 cm³/mol. The van der Waals surface area contributed by atoms with E-state index >= 15 is 0 Å². The zero-order chi connectivity index (χ0) is 35.7. The van der Waals surface area contributed by atoms with Crippen molar-refractivity contribution in [1.29, 1.82) is 0 Å². The van der Waals surface area contributed by atoms with E-state index in [1.54, 1.807) is 0 Å². The number of unbranched alkanes of at least 4 members (excludes halogenated alkanes) is 32. The molecule has 1 amide bonds.